The molecule has 0 saturated carbocycles. The number of hydrogen-bond donors (Lipinski definition) is 1. The minimum atomic E-state index is -0.0539. The van der Waals surface area contributed by atoms with Crippen LogP contribution in [0.1, 0.15) is 29.5 Å². The number of imidazole rings is 1. The molecule has 0 unspecified atom stereocenters. The van der Waals surface area contributed by atoms with Crippen molar-refractivity contribution in [3.05, 3.63) is 71.8 Å². The number of pyridine rings is 1. The zero-order valence-corrected chi connectivity index (χ0v) is 19.8. The lowest BCUT2D eigenvalue weighted by Gasteiger charge is -2.31. The van der Waals surface area contributed by atoms with E-state index in [0.717, 1.165) is 16.4 Å². The van der Waals surface area contributed by atoms with E-state index in [1.165, 1.54) is 22.9 Å². The number of nitrogens with zero attached hydrogens (tertiary/aromatic N) is 4. The van der Waals surface area contributed by atoms with Gasteiger partial charge in [0.1, 0.15) is 0 Å². The van der Waals surface area contributed by atoms with E-state index < -0.39 is 0 Å². The zero-order chi connectivity index (χ0) is 23.2. The van der Waals surface area contributed by atoms with Crippen LogP contribution in [0.25, 0.3) is 5.69 Å². The summed E-state index contributed by atoms with van der Waals surface area (Å²) in [6.45, 7) is 5.85. The molecule has 0 aliphatic carbocycles. The van der Waals surface area contributed by atoms with Crippen LogP contribution >= 0.6 is 11.8 Å². The predicted molar refractivity (Wildman–Crippen MR) is 129 cm³/mol. The lowest BCUT2D eigenvalue weighted by atomic mass is 9.96. The van der Waals surface area contributed by atoms with Crippen molar-refractivity contribution in [3.8, 4) is 5.69 Å². The first-order valence-corrected chi connectivity index (χ1v) is 12.2. The van der Waals surface area contributed by atoms with Gasteiger partial charge in [-0.3, -0.25) is 19.1 Å². The molecule has 33 heavy (non-hydrogen) atoms. The van der Waals surface area contributed by atoms with Gasteiger partial charge in [-0.1, -0.05) is 23.9 Å². The molecule has 0 spiro atoms. The number of nitrogens with one attached hydrogen (secondary N) is 1. The number of carbonyl (C=O) groups is 2. The number of amides is 2. The number of benzene rings is 1. The molecule has 1 aliphatic rings. The minimum absolute atomic E-state index is 0.0517. The zero-order valence-electron chi connectivity index (χ0n) is 19.0. The molecule has 2 aromatic heterocycles. The first-order valence-electron chi connectivity index (χ1n) is 11.2. The molecule has 8 heteroatoms. The number of aryl methyl sites for hydroxylation is 2. The van der Waals surface area contributed by atoms with Crippen molar-refractivity contribution in [1.29, 1.82) is 0 Å². The summed E-state index contributed by atoms with van der Waals surface area (Å²) < 4.78 is 2.02. The third-order valence-corrected chi connectivity index (χ3v) is 6.78. The van der Waals surface area contributed by atoms with Gasteiger partial charge in [0, 0.05) is 56.0 Å². The highest BCUT2D eigenvalue weighted by Gasteiger charge is 2.27. The van der Waals surface area contributed by atoms with Crippen LogP contribution in [0.3, 0.4) is 0 Å². The van der Waals surface area contributed by atoms with Gasteiger partial charge >= 0.3 is 0 Å². The van der Waals surface area contributed by atoms with Gasteiger partial charge in [0.05, 0.1) is 5.75 Å². The van der Waals surface area contributed by atoms with Gasteiger partial charge in [-0.05, 0) is 61.6 Å². The van der Waals surface area contributed by atoms with Crippen LogP contribution in [0.2, 0.25) is 0 Å². The Hall–Kier alpha value is -3.13. The number of piperidine rings is 1. The van der Waals surface area contributed by atoms with Gasteiger partial charge in [-0.2, -0.15) is 0 Å². The first-order chi connectivity index (χ1) is 16.0. The molecule has 1 aromatic carbocycles. The van der Waals surface area contributed by atoms with Crippen molar-refractivity contribution in [2.75, 3.05) is 18.8 Å². The molecule has 1 aliphatic heterocycles. The van der Waals surface area contributed by atoms with Gasteiger partial charge in [0.25, 0.3) is 0 Å². The van der Waals surface area contributed by atoms with Crippen LogP contribution in [0.4, 0.5) is 0 Å². The fourth-order valence-electron chi connectivity index (χ4n) is 4.13. The quantitative estimate of drug-likeness (QED) is 0.542. The topological polar surface area (TPSA) is 80.1 Å². The molecule has 4 rings (SSSR count). The van der Waals surface area contributed by atoms with E-state index in [2.05, 4.69) is 47.3 Å². The van der Waals surface area contributed by atoms with Gasteiger partial charge in [-0.15, -0.1) is 0 Å². The smallest absolute Gasteiger partial charge is 0.233 e. The Kier molecular flexibility index (Phi) is 7.44. The van der Waals surface area contributed by atoms with Crippen molar-refractivity contribution in [2.45, 2.75) is 38.4 Å². The number of likely N-dealkylation sites (tertiary alicyclic amines) is 1. The van der Waals surface area contributed by atoms with Crippen LogP contribution in [-0.4, -0.2) is 50.1 Å². The Morgan fingerprint density at radius 3 is 2.58 bits per heavy atom. The molecule has 3 heterocycles. The van der Waals surface area contributed by atoms with Crippen LogP contribution in [-0.2, 0) is 16.1 Å². The third kappa shape index (κ3) is 6.01. The van der Waals surface area contributed by atoms with E-state index in [-0.39, 0.29) is 17.7 Å². The van der Waals surface area contributed by atoms with Crippen molar-refractivity contribution in [1.82, 2.24) is 24.8 Å². The van der Waals surface area contributed by atoms with E-state index in [1.807, 2.05) is 27.8 Å². The largest absolute Gasteiger partial charge is 0.352 e. The van der Waals surface area contributed by atoms with Gasteiger partial charge in [-0.25, -0.2) is 4.98 Å². The fourth-order valence-corrected chi connectivity index (χ4v) is 5.00. The van der Waals surface area contributed by atoms with Crippen molar-refractivity contribution in [2.24, 2.45) is 5.92 Å². The Morgan fingerprint density at radius 2 is 1.88 bits per heavy atom. The summed E-state index contributed by atoms with van der Waals surface area (Å²) in [5.74, 6) is 0.418. The average molecular weight is 464 g/mol. The van der Waals surface area contributed by atoms with Crippen molar-refractivity contribution >= 4 is 23.6 Å². The summed E-state index contributed by atoms with van der Waals surface area (Å²) in [6, 6.07) is 10.2. The van der Waals surface area contributed by atoms with Crippen LogP contribution in [0, 0.1) is 19.8 Å². The number of rotatable bonds is 7. The summed E-state index contributed by atoms with van der Waals surface area (Å²) in [6.07, 6.45) is 8.54. The van der Waals surface area contributed by atoms with E-state index in [9.17, 15) is 9.59 Å². The Labute approximate surface area is 198 Å². The second-order valence-electron chi connectivity index (χ2n) is 8.45. The molecule has 2 amide bonds. The summed E-state index contributed by atoms with van der Waals surface area (Å²) in [7, 11) is 0. The third-order valence-electron chi connectivity index (χ3n) is 5.82. The lowest BCUT2D eigenvalue weighted by Crippen LogP contribution is -2.43. The molecule has 1 saturated heterocycles. The predicted octanol–water partition coefficient (Wildman–Crippen LogP) is 3.53. The molecule has 3 aromatic rings. The fraction of sp³-hybridized carbons (Fsp3) is 0.360. The first kappa shape index (κ1) is 23.0. The Bertz CT molecular complexity index is 1090. The van der Waals surface area contributed by atoms with E-state index >= 15 is 0 Å². The van der Waals surface area contributed by atoms with E-state index in [0.29, 0.717) is 38.2 Å². The van der Waals surface area contributed by atoms with Crippen LogP contribution in [0.5, 0.6) is 0 Å². The molecular weight excluding hydrogens is 434 g/mol. The number of hydrogen-bond acceptors (Lipinski definition) is 5. The normalized spacial score (nSPS) is 14.3. The number of aromatic nitrogens is 3. The maximum absolute atomic E-state index is 12.8. The highest BCUT2D eigenvalue weighted by atomic mass is 32.2. The molecule has 172 valence electrons. The maximum atomic E-state index is 12.8. The van der Waals surface area contributed by atoms with Crippen molar-refractivity contribution < 1.29 is 9.59 Å². The van der Waals surface area contributed by atoms with E-state index in [1.54, 1.807) is 18.6 Å². The van der Waals surface area contributed by atoms with E-state index in [4.69, 9.17) is 0 Å². The molecule has 0 bridgehead atoms. The summed E-state index contributed by atoms with van der Waals surface area (Å²) in [4.78, 5) is 35.7. The highest BCUT2D eigenvalue weighted by Crippen LogP contribution is 2.24. The summed E-state index contributed by atoms with van der Waals surface area (Å²) >= 11 is 1.45. The number of thioether (sulfide) groups is 1. The minimum Gasteiger partial charge on any atom is -0.352 e. The standard InChI is InChI=1S/C25H29N5O2S/c1-18-12-19(2)14-22(13-18)30-11-8-27-25(30)33-17-23(31)29-9-5-21(6-10-29)24(32)28-16-20-4-3-7-26-15-20/h3-4,7-8,11-15,21H,5-6,9-10,16-17H2,1-2H3,(H,28,32). The lowest BCUT2D eigenvalue weighted by molar-refractivity contribution is -0.133. The Balaban J connectivity index is 1.26. The monoisotopic (exact) mass is 463 g/mol. The highest BCUT2D eigenvalue weighted by molar-refractivity contribution is 7.99. The Morgan fingerprint density at radius 1 is 1.12 bits per heavy atom. The molecule has 1 N–H and O–H groups in total. The van der Waals surface area contributed by atoms with Crippen LogP contribution < -0.4 is 5.32 Å². The second kappa shape index (κ2) is 10.7. The molecule has 7 nitrogen and oxygen atoms in total. The molecule has 0 radical (unpaired) electrons. The average Bonchev–Trinajstić information content (AvgIpc) is 3.30. The van der Waals surface area contributed by atoms with Crippen LogP contribution in [0.15, 0.2) is 60.3 Å². The summed E-state index contributed by atoms with van der Waals surface area (Å²) in [5.41, 5.74) is 4.42. The van der Waals surface area contributed by atoms with Gasteiger partial charge < -0.3 is 10.2 Å². The van der Waals surface area contributed by atoms with Gasteiger partial charge in [0.15, 0.2) is 5.16 Å². The molecule has 1 fully saturated rings. The number of carbonyl (C=O) groups excluding carboxylic acids is 2. The SMILES string of the molecule is Cc1cc(C)cc(-n2ccnc2SCC(=O)N2CCC(C(=O)NCc3cccnc3)CC2)c1. The second-order valence-corrected chi connectivity index (χ2v) is 9.39. The van der Waals surface area contributed by atoms with Crippen molar-refractivity contribution in [3.63, 3.8) is 0 Å². The molecular formula is C25H29N5O2S. The maximum Gasteiger partial charge on any atom is 0.233 e. The summed E-state index contributed by atoms with van der Waals surface area (Å²) in [5, 5.41) is 3.79. The molecule has 0 atom stereocenters. The van der Waals surface area contributed by atoms with Gasteiger partial charge in [0.2, 0.25) is 11.8 Å².